The molecule has 4 N–H and O–H groups in total. The number of nitrogens with zero attached hydrogens (tertiary/aromatic N) is 1. The van der Waals surface area contributed by atoms with Crippen molar-refractivity contribution in [3.05, 3.63) is 48.5 Å². The van der Waals surface area contributed by atoms with Crippen molar-refractivity contribution in [2.24, 2.45) is 0 Å². The molecule has 0 unspecified atom stereocenters. The van der Waals surface area contributed by atoms with Crippen molar-refractivity contribution in [3.63, 3.8) is 0 Å². The van der Waals surface area contributed by atoms with Gasteiger partial charge in [0.25, 0.3) is 0 Å². The van der Waals surface area contributed by atoms with E-state index in [9.17, 15) is 4.79 Å². The molecule has 2 heterocycles. The van der Waals surface area contributed by atoms with Gasteiger partial charge in [0.05, 0.1) is 10.9 Å². The molecule has 0 radical (unpaired) electrons. The maximum atomic E-state index is 11.4. The average molecular weight is 311 g/mol. The molecule has 3 rings (SSSR count). The summed E-state index contributed by atoms with van der Waals surface area (Å²) >= 11 is 1.44. The highest BCUT2D eigenvalue weighted by Gasteiger charge is 2.16. The lowest BCUT2D eigenvalue weighted by Gasteiger charge is -2.06. The van der Waals surface area contributed by atoms with Crippen molar-refractivity contribution in [1.29, 1.82) is 0 Å². The third kappa shape index (κ3) is 2.40. The van der Waals surface area contributed by atoms with Crippen LogP contribution in [0.4, 0.5) is 11.5 Å². The molecule has 0 aliphatic rings. The van der Waals surface area contributed by atoms with E-state index in [1.54, 1.807) is 0 Å². The van der Waals surface area contributed by atoms with Gasteiger partial charge in [-0.1, -0.05) is 18.7 Å². The Balaban J connectivity index is 2.17. The quantitative estimate of drug-likeness (QED) is 0.440. The second kappa shape index (κ2) is 5.50. The highest BCUT2D eigenvalue weighted by molar-refractivity contribution is 7.18. The molecule has 0 spiro atoms. The molecule has 0 saturated heterocycles. The Bertz CT molecular complexity index is 869. The van der Waals surface area contributed by atoms with Gasteiger partial charge in [-0.05, 0) is 17.7 Å². The molecule has 0 bridgehead atoms. The van der Waals surface area contributed by atoms with Crippen LogP contribution in [0.25, 0.3) is 21.2 Å². The molecule has 2 aromatic heterocycles. The van der Waals surface area contributed by atoms with E-state index in [0.29, 0.717) is 17.3 Å². The van der Waals surface area contributed by atoms with Gasteiger partial charge in [-0.15, -0.1) is 11.3 Å². The van der Waals surface area contributed by atoms with Crippen molar-refractivity contribution in [2.45, 2.75) is 0 Å². The number of ether oxygens (including phenoxy) is 1. The van der Waals surface area contributed by atoms with Gasteiger partial charge in [0.15, 0.2) is 5.75 Å². The van der Waals surface area contributed by atoms with Gasteiger partial charge in [0.1, 0.15) is 5.82 Å². The van der Waals surface area contributed by atoms with Gasteiger partial charge in [-0.25, -0.2) is 9.78 Å². The largest absolute Gasteiger partial charge is 0.420 e. The Kier molecular flexibility index (Phi) is 3.52. The average Bonchev–Trinajstić information content (AvgIpc) is 2.97. The second-order valence-electron chi connectivity index (χ2n) is 4.61. The zero-order valence-corrected chi connectivity index (χ0v) is 12.4. The van der Waals surface area contributed by atoms with E-state index >= 15 is 0 Å². The van der Waals surface area contributed by atoms with E-state index in [-0.39, 0.29) is 0 Å². The Hall–Kier alpha value is -2.86. The lowest BCUT2D eigenvalue weighted by atomic mass is 10.0. The van der Waals surface area contributed by atoms with Crippen LogP contribution in [0.2, 0.25) is 0 Å². The highest BCUT2D eigenvalue weighted by atomic mass is 32.1. The molecule has 0 aliphatic carbocycles. The molecule has 1 aromatic carbocycles. The fraction of sp³-hybridized carbons (Fsp3) is 0. The summed E-state index contributed by atoms with van der Waals surface area (Å²) in [6.45, 7) is 3.39. The van der Waals surface area contributed by atoms with Crippen LogP contribution in [-0.4, -0.2) is 11.0 Å². The number of nitrogen functional groups attached to an aromatic ring is 2. The molecular weight excluding hydrogens is 298 g/mol. The van der Waals surface area contributed by atoms with E-state index in [2.05, 4.69) is 11.6 Å². The van der Waals surface area contributed by atoms with Gasteiger partial charge >= 0.3 is 5.97 Å². The predicted octanol–water partition coefficient (Wildman–Crippen LogP) is 3.22. The molecule has 0 fully saturated rings. The molecule has 0 aliphatic heterocycles. The number of thiophene rings is 1. The molecule has 0 saturated carbocycles. The van der Waals surface area contributed by atoms with Crippen LogP contribution in [0.1, 0.15) is 0 Å². The zero-order chi connectivity index (χ0) is 15.7. The third-order valence-electron chi connectivity index (χ3n) is 3.19. The first kappa shape index (κ1) is 14.1. The van der Waals surface area contributed by atoms with Crippen LogP contribution in [0.15, 0.2) is 48.5 Å². The Labute approximate surface area is 130 Å². The predicted molar refractivity (Wildman–Crippen MR) is 89.7 cm³/mol. The maximum absolute atomic E-state index is 11.4. The van der Waals surface area contributed by atoms with Crippen LogP contribution in [0.3, 0.4) is 0 Å². The number of carbonyl (C=O) groups excluding carboxylic acids is 1. The van der Waals surface area contributed by atoms with Gasteiger partial charge in [0.2, 0.25) is 0 Å². The number of rotatable bonds is 3. The number of carbonyl (C=O) groups is 1. The molecule has 110 valence electrons. The first-order chi connectivity index (χ1) is 10.6. The number of benzene rings is 1. The second-order valence-corrected chi connectivity index (χ2v) is 5.49. The van der Waals surface area contributed by atoms with Gasteiger partial charge < -0.3 is 16.2 Å². The molecule has 22 heavy (non-hydrogen) atoms. The third-order valence-corrected chi connectivity index (χ3v) is 4.19. The van der Waals surface area contributed by atoms with Crippen molar-refractivity contribution >= 4 is 38.9 Å². The molecule has 0 amide bonds. The summed E-state index contributed by atoms with van der Waals surface area (Å²) in [6.07, 6.45) is 2.55. The smallest absolute Gasteiger partial charge is 0.335 e. The van der Waals surface area contributed by atoms with E-state index in [0.717, 1.165) is 27.3 Å². The monoisotopic (exact) mass is 311 g/mol. The van der Waals surface area contributed by atoms with E-state index < -0.39 is 5.97 Å². The van der Waals surface area contributed by atoms with Crippen LogP contribution >= 0.6 is 11.3 Å². The SMILES string of the molecule is C=CC(=O)Oc1cnc(N)c2c(-c3ccc(N)cc3)csc12. The van der Waals surface area contributed by atoms with Crippen LogP contribution in [0, 0.1) is 0 Å². The number of aromatic nitrogens is 1. The van der Waals surface area contributed by atoms with Gasteiger partial charge in [-0.2, -0.15) is 0 Å². The molecule has 0 atom stereocenters. The minimum Gasteiger partial charge on any atom is -0.420 e. The summed E-state index contributed by atoms with van der Waals surface area (Å²) in [4.78, 5) is 15.5. The van der Waals surface area contributed by atoms with E-state index in [1.807, 2.05) is 29.6 Å². The number of hydrogen-bond donors (Lipinski definition) is 2. The summed E-state index contributed by atoms with van der Waals surface area (Å²) < 4.78 is 5.99. The Morgan fingerprint density at radius 3 is 2.68 bits per heavy atom. The summed E-state index contributed by atoms with van der Waals surface area (Å²) in [5.74, 6) is 0.234. The number of anilines is 2. The first-order valence-electron chi connectivity index (χ1n) is 6.46. The molecule has 3 aromatic rings. The van der Waals surface area contributed by atoms with Crippen LogP contribution in [0.5, 0.6) is 5.75 Å². The zero-order valence-electron chi connectivity index (χ0n) is 11.6. The number of nitrogens with two attached hydrogens (primary N) is 2. The maximum Gasteiger partial charge on any atom is 0.335 e. The number of hydrogen-bond acceptors (Lipinski definition) is 6. The fourth-order valence-electron chi connectivity index (χ4n) is 2.14. The van der Waals surface area contributed by atoms with Crippen LogP contribution < -0.4 is 16.2 Å². The number of fused-ring (bicyclic) bond motifs is 1. The number of esters is 1. The van der Waals surface area contributed by atoms with Crippen molar-refractivity contribution in [2.75, 3.05) is 11.5 Å². The number of pyridine rings is 1. The summed E-state index contributed by atoms with van der Waals surface area (Å²) in [7, 11) is 0. The lowest BCUT2D eigenvalue weighted by molar-refractivity contribution is -0.128. The van der Waals surface area contributed by atoms with E-state index in [4.69, 9.17) is 16.2 Å². The molecular formula is C16H13N3O2S. The minimum atomic E-state index is -0.532. The normalized spacial score (nSPS) is 10.5. The van der Waals surface area contributed by atoms with Crippen molar-refractivity contribution in [1.82, 2.24) is 4.98 Å². The Morgan fingerprint density at radius 1 is 1.27 bits per heavy atom. The molecule has 6 heteroatoms. The van der Waals surface area contributed by atoms with Crippen LogP contribution in [-0.2, 0) is 4.79 Å². The van der Waals surface area contributed by atoms with E-state index in [1.165, 1.54) is 17.5 Å². The Morgan fingerprint density at radius 2 is 2.00 bits per heavy atom. The summed E-state index contributed by atoms with van der Waals surface area (Å²) in [5, 5.41) is 2.73. The minimum absolute atomic E-state index is 0.376. The first-order valence-corrected chi connectivity index (χ1v) is 7.34. The fourth-order valence-corrected chi connectivity index (χ4v) is 3.18. The molecule has 5 nitrogen and oxygen atoms in total. The summed E-state index contributed by atoms with van der Waals surface area (Å²) in [5.41, 5.74) is 14.3. The highest BCUT2D eigenvalue weighted by Crippen LogP contribution is 2.41. The lowest BCUT2D eigenvalue weighted by Crippen LogP contribution is -2.04. The van der Waals surface area contributed by atoms with Gasteiger partial charge in [0, 0.05) is 28.1 Å². The standard InChI is InChI=1S/C16H13N3O2S/c1-2-13(20)21-12-7-19-16(18)14-11(8-22-15(12)14)9-3-5-10(17)6-4-9/h2-8H,1,17H2,(H2,18,19). The van der Waals surface area contributed by atoms with Gasteiger partial charge in [-0.3, -0.25) is 0 Å². The topological polar surface area (TPSA) is 91.2 Å². The van der Waals surface area contributed by atoms with Crippen molar-refractivity contribution < 1.29 is 9.53 Å². The van der Waals surface area contributed by atoms with Crippen molar-refractivity contribution in [3.8, 4) is 16.9 Å². The summed E-state index contributed by atoms with van der Waals surface area (Å²) in [6, 6.07) is 7.48.